The second kappa shape index (κ2) is 5.75. The van der Waals surface area contributed by atoms with Gasteiger partial charge in [-0.15, -0.1) is 0 Å². The predicted molar refractivity (Wildman–Crippen MR) is 80.3 cm³/mol. The fourth-order valence-electron chi connectivity index (χ4n) is 2.19. The standard InChI is InChI=1S/C16H15FN4/c1-11(12-5-7-14(17)8-6-12)20-15-4-2-3-13(9-15)16-18-10-19-21-16/h2-11,20H,1H3,(H,18,19,21)/t11-/m0/s1. The van der Waals surface area contributed by atoms with Crippen LogP contribution in [0, 0.1) is 5.82 Å². The number of aromatic amines is 1. The highest BCUT2D eigenvalue weighted by atomic mass is 19.1. The first-order chi connectivity index (χ1) is 10.2. The maximum absolute atomic E-state index is 13.0. The molecule has 0 bridgehead atoms. The lowest BCUT2D eigenvalue weighted by Gasteiger charge is -2.16. The van der Waals surface area contributed by atoms with Gasteiger partial charge in [0.2, 0.25) is 0 Å². The van der Waals surface area contributed by atoms with E-state index in [1.165, 1.54) is 18.5 Å². The molecule has 1 atom stereocenters. The first kappa shape index (κ1) is 13.3. The number of benzene rings is 2. The Kier molecular flexibility index (Phi) is 3.64. The van der Waals surface area contributed by atoms with E-state index in [4.69, 9.17) is 0 Å². The highest BCUT2D eigenvalue weighted by molar-refractivity contribution is 5.62. The van der Waals surface area contributed by atoms with Crippen molar-refractivity contribution in [1.82, 2.24) is 15.2 Å². The molecule has 4 nitrogen and oxygen atoms in total. The summed E-state index contributed by atoms with van der Waals surface area (Å²) >= 11 is 0. The van der Waals surface area contributed by atoms with Gasteiger partial charge in [0.1, 0.15) is 12.1 Å². The Morgan fingerprint density at radius 3 is 2.67 bits per heavy atom. The van der Waals surface area contributed by atoms with Crippen LogP contribution in [0.3, 0.4) is 0 Å². The van der Waals surface area contributed by atoms with E-state index in [1.807, 2.05) is 31.2 Å². The van der Waals surface area contributed by atoms with Gasteiger partial charge in [0.25, 0.3) is 0 Å². The number of nitrogens with zero attached hydrogens (tertiary/aromatic N) is 2. The van der Waals surface area contributed by atoms with Crippen LogP contribution in [0.4, 0.5) is 10.1 Å². The SMILES string of the molecule is C[C@H](Nc1cccc(-c2ncn[nH]2)c1)c1ccc(F)cc1. The summed E-state index contributed by atoms with van der Waals surface area (Å²) in [6, 6.07) is 14.5. The normalized spacial score (nSPS) is 12.1. The number of halogens is 1. The zero-order chi connectivity index (χ0) is 14.7. The first-order valence-electron chi connectivity index (χ1n) is 6.70. The second-order valence-electron chi connectivity index (χ2n) is 4.83. The van der Waals surface area contributed by atoms with E-state index in [2.05, 4.69) is 20.5 Å². The summed E-state index contributed by atoms with van der Waals surface area (Å²) in [6.07, 6.45) is 1.48. The van der Waals surface area contributed by atoms with Crippen molar-refractivity contribution in [2.45, 2.75) is 13.0 Å². The van der Waals surface area contributed by atoms with Gasteiger partial charge >= 0.3 is 0 Å². The molecule has 0 fully saturated rings. The van der Waals surface area contributed by atoms with Gasteiger partial charge in [-0.25, -0.2) is 9.37 Å². The fourth-order valence-corrected chi connectivity index (χ4v) is 2.19. The summed E-state index contributed by atoms with van der Waals surface area (Å²) in [5.74, 6) is 0.506. The number of H-pyrrole nitrogens is 1. The van der Waals surface area contributed by atoms with Crippen molar-refractivity contribution in [2.24, 2.45) is 0 Å². The summed E-state index contributed by atoms with van der Waals surface area (Å²) in [6.45, 7) is 2.04. The second-order valence-corrected chi connectivity index (χ2v) is 4.83. The van der Waals surface area contributed by atoms with Gasteiger partial charge in [0.15, 0.2) is 5.82 Å². The number of hydrogen-bond acceptors (Lipinski definition) is 3. The molecule has 0 aliphatic carbocycles. The van der Waals surface area contributed by atoms with Crippen LogP contribution in [0.2, 0.25) is 0 Å². The minimum absolute atomic E-state index is 0.0792. The van der Waals surface area contributed by atoms with Gasteiger partial charge in [-0.2, -0.15) is 5.10 Å². The lowest BCUT2D eigenvalue weighted by Crippen LogP contribution is -2.06. The molecule has 0 unspecified atom stereocenters. The van der Waals surface area contributed by atoms with Crippen LogP contribution in [-0.4, -0.2) is 15.2 Å². The average Bonchev–Trinajstić information content (AvgIpc) is 3.02. The third kappa shape index (κ3) is 3.08. The van der Waals surface area contributed by atoms with Crippen molar-refractivity contribution in [3.05, 3.63) is 66.2 Å². The molecule has 106 valence electrons. The Hall–Kier alpha value is -2.69. The molecule has 2 aromatic carbocycles. The quantitative estimate of drug-likeness (QED) is 0.765. The van der Waals surface area contributed by atoms with Crippen molar-refractivity contribution in [3.63, 3.8) is 0 Å². The van der Waals surface area contributed by atoms with Gasteiger partial charge in [0.05, 0.1) is 0 Å². The molecule has 0 saturated carbocycles. The van der Waals surface area contributed by atoms with Gasteiger partial charge in [-0.1, -0.05) is 24.3 Å². The summed E-state index contributed by atoms with van der Waals surface area (Å²) in [4.78, 5) is 4.14. The van der Waals surface area contributed by atoms with Crippen molar-refractivity contribution < 1.29 is 4.39 Å². The van der Waals surface area contributed by atoms with Crippen LogP contribution in [0.15, 0.2) is 54.9 Å². The lowest BCUT2D eigenvalue weighted by atomic mass is 10.1. The zero-order valence-corrected chi connectivity index (χ0v) is 11.5. The molecule has 0 aliphatic heterocycles. The molecule has 2 N–H and O–H groups in total. The highest BCUT2D eigenvalue weighted by Crippen LogP contribution is 2.23. The predicted octanol–water partition coefficient (Wildman–Crippen LogP) is 3.78. The Labute approximate surface area is 122 Å². The maximum Gasteiger partial charge on any atom is 0.155 e. The lowest BCUT2D eigenvalue weighted by molar-refractivity contribution is 0.626. The topological polar surface area (TPSA) is 53.6 Å². The molecule has 5 heteroatoms. The van der Waals surface area contributed by atoms with Crippen LogP contribution in [0.1, 0.15) is 18.5 Å². The highest BCUT2D eigenvalue weighted by Gasteiger charge is 2.07. The van der Waals surface area contributed by atoms with E-state index in [-0.39, 0.29) is 11.9 Å². The van der Waals surface area contributed by atoms with E-state index < -0.39 is 0 Å². The van der Waals surface area contributed by atoms with Gasteiger partial charge < -0.3 is 5.32 Å². The minimum atomic E-state index is -0.224. The largest absolute Gasteiger partial charge is 0.379 e. The van der Waals surface area contributed by atoms with E-state index in [0.29, 0.717) is 0 Å². The molecule has 0 amide bonds. The molecule has 0 aliphatic rings. The first-order valence-corrected chi connectivity index (χ1v) is 6.70. The monoisotopic (exact) mass is 282 g/mol. The third-order valence-corrected chi connectivity index (χ3v) is 3.30. The van der Waals surface area contributed by atoms with Crippen molar-refractivity contribution in [2.75, 3.05) is 5.32 Å². The van der Waals surface area contributed by atoms with Crippen molar-refractivity contribution >= 4 is 5.69 Å². The summed E-state index contributed by atoms with van der Waals surface area (Å²) in [5, 5.41) is 10.1. The van der Waals surface area contributed by atoms with Gasteiger partial charge in [0, 0.05) is 17.3 Å². The number of rotatable bonds is 4. The van der Waals surface area contributed by atoms with Crippen LogP contribution in [-0.2, 0) is 0 Å². The van der Waals surface area contributed by atoms with E-state index >= 15 is 0 Å². The number of hydrogen-bond donors (Lipinski definition) is 2. The van der Waals surface area contributed by atoms with E-state index in [1.54, 1.807) is 12.1 Å². The molecular formula is C16H15FN4. The summed E-state index contributed by atoms with van der Waals surface area (Å²) in [7, 11) is 0. The zero-order valence-electron chi connectivity index (χ0n) is 11.5. The molecule has 3 aromatic rings. The molecule has 0 saturated heterocycles. The summed E-state index contributed by atoms with van der Waals surface area (Å²) < 4.78 is 13.0. The molecular weight excluding hydrogens is 267 g/mol. The molecule has 3 rings (SSSR count). The smallest absolute Gasteiger partial charge is 0.155 e. The molecule has 1 aromatic heterocycles. The Balaban J connectivity index is 1.78. The van der Waals surface area contributed by atoms with Crippen LogP contribution in [0.25, 0.3) is 11.4 Å². The number of aromatic nitrogens is 3. The minimum Gasteiger partial charge on any atom is -0.379 e. The van der Waals surface area contributed by atoms with Gasteiger partial charge in [-0.05, 0) is 36.8 Å². The number of anilines is 1. The number of nitrogens with one attached hydrogen (secondary N) is 2. The van der Waals surface area contributed by atoms with Gasteiger partial charge in [-0.3, -0.25) is 5.10 Å². The average molecular weight is 282 g/mol. The van der Waals surface area contributed by atoms with Crippen molar-refractivity contribution in [3.8, 4) is 11.4 Å². The van der Waals surface area contributed by atoms with Crippen LogP contribution < -0.4 is 5.32 Å². The Morgan fingerprint density at radius 1 is 1.14 bits per heavy atom. The summed E-state index contributed by atoms with van der Waals surface area (Å²) in [5.41, 5.74) is 2.96. The third-order valence-electron chi connectivity index (χ3n) is 3.30. The molecule has 21 heavy (non-hydrogen) atoms. The van der Waals surface area contributed by atoms with E-state index in [0.717, 1.165) is 22.6 Å². The Bertz CT molecular complexity index is 707. The Morgan fingerprint density at radius 2 is 1.95 bits per heavy atom. The van der Waals surface area contributed by atoms with E-state index in [9.17, 15) is 4.39 Å². The van der Waals surface area contributed by atoms with Crippen molar-refractivity contribution in [1.29, 1.82) is 0 Å². The van der Waals surface area contributed by atoms with Crippen LogP contribution >= 0.6 is 0 Å². The van der Waals surface area contributed by atoms with Crippen LogP contribution in [0.5, 0.6) is 0 Å². The molecule has 0 spiro atoms. The fraction of sp³-hybridized carbons (Fsp3) is 0.125. The maximum atomic E-state index is 13.0. The molecule has 1 heterocycles. The molecule has 0 radical (unpaired) electrons.